The Kier molecular flexibility index (Phi) is 6.35. The minimum atomic E-state index is -3.90. The summed E-state index contributed by atoms with van der Waals surface area (Å²) in [6.45, 7) is 2.06. The van der Waals surface area contributed by atoms with Crippen molar-refractivity contribution in [2.45, 2.75) is 24.7 Å². The van der Waals surface area contributed by atoms with Gasteiger partial charge in [0.1, 0.15) is 10.6 Å². The maximum atomic E-state index is 13.2. The fourth-order valence-corrected chi connectivity index (χ4v) is 6.00. The van der Waals surface area contributed by atoms with Crippen LogP contribution in [0.25, 0.3) is 0 Å². The number of hydrogen-bond donors (Lipinski definition) is 2. The molecule has 2 aromatic rings. The van der Waals surface area contributed by atoms with Crippen LogP contribution in [0.15, 0.2) is 35.2 Å². The first-order valence-electron chi connectivity index (χ1n) is 9.98. The number of rotatable bonds is 4. The van der Waals surface area contributed by atoms with Crippen LogP contribution in [0.5, 0.6) is 5.75 Å². The second-order valence-electron chi connectivity index (χ2n) is 7.77. The van der Waals surface area contributed by atoms with Gasteiger partial charge in [-0.3, -0.25) is 9.59 Å². The fraction of sp³-hybridized carbons (Fsp3) is 0.333. The van der Waals surface area contributed by atoms with Crippen molar-refractivity contribution < 1.29 is 22.7 Å². The van der Waals surface area contributed by atoms with E-state index >= 15 is 0 Å². The van der Waals surface area contributed by atoms with Gasteiger partial charge in [-0.15, -0.1) is 0 Å². The Morgan fingerprint density at radius 2 is 1.88 bits per heavy atom. The number of amides is 2. The third-order valence-corrected chi connectivity index (χ3v) is 8.17. The second-order valence-corrected chi connectivity index (χ2v) is 10.5. The zero-order valence-corrected chi connectivity index (χ0v) is 19.5. The number of halogens is 2. The van der Waals surface area contributed by atoms with E-state index in [0.717, 1.165) is 5.56 Å². The minimum Gasteiger partial charge on any atom is -0.482 e. The third kappa shape index (κ3) is 4.56. The number of nitrogens with one attached hydrogen (secondary N) is 2. The van der Waals surface area contributed by atoms with E-state index < -0.39 is 10.0 Å². The summed E-state index contributed by atoms with van der Waals surface area (Å²) in [6.07, 6.45) is 0.729. The van der Waals surface area contributed by atoms with Crippen LogP contribution in [0.1, 0.15) is 18.4 Å². The molecular weight excluding hydrogens is 477 g/mol. The summed E-state index contributed by atoms with van der Waals surface area (Å²) in [7, 11) is -3.90. The summed E-state index contributed by atoms with van der Waals surface area (Å²) in [5.41, 5.74) is 1.85. The van der Waals surface area contributed by atoms with E-state index in [1.807, 2.05) is 13.0 Å². The van der Waals surface area contributed by atoms with Crippen molar-refractivity contribution in [3.05, 3.63) is 45.9 Å². The molecule has 1 fully saturated rings. The number of carbonyl (C=O) groups excluding carboxylic acids is 2. The lowest BCUT2D eigenvalue weighted by Crippen LogP contribution is -2.41. The van der Waals surface area contributed by atoms with E-state index in [0.29, 0.717) is 29.2 Å². The van der Waals surface area contributed by atoms with E-state index in [1.54, 1.807) is 12.1 Å². The molecule has 0 atom stereocenters. The number of ether oxygens (including phenoxy) is 1. The van der Waals surface area contributed by atoms with Gasteiger partial charge in [0.2, 0.25) is 15.9 Å². The van der Waals surface area contributed by atoms with Crippen molar-refractivity contribution >= 4 is 56.4 Å². The van der Waals surface area contributed by atoms with Gasteiger partial charge in [-0.1, -0.05) is 29.3 Å². The zero-order chi connectivity index (χ0) is 23.0. The Hall–Kier alpha value is -2.33. The molecule has 11 heteroatoms. The van der Waals surface area contributed by atoms with Crippen LogP contribution in [0.4, 0.5) is 11.4 Å². The molecule has 2 heterocycles. The molecule has 32 heavy (non-hydrogen) atoms. The SMILES string of the molecule is Cc1ccc(NC(=O)C2CCN(S(=O)(=O)c3cc4c(cc3Cl)NC(=O)CO4)CC2)c(Cl)c1. The average Bonchev–Trinajstić information content (AvgIpc) is 2.75. The molecule has 170 valence electrons. The lowest BCUT2D eigenvalue weighted by molar-refractivity contribution is -0.121. The first-order valence-corrected chi connectivity index (χ1v) is 12.2. The normalized spacial score (nSPS) is 17.3. The number of sulfonamides is 1. The Morgan fingerprint density at radius 1 is 1.16 bits per heavy atom. The zero-order valence-electron chi connectivity index (χ0n) is 17.2. The fourth-order valence-electron chi connectivity index (χ4n) is 3.73. The predicted molar refractivity (Wildman–Crippen MR) is 122 cm³/mol. The van der Waals surface area contributed by atoms with Crippen molar-refractivity contribution in [1.29, 1.82) is 0 Å². The van der Waals surface area contributed by atoms with Crippen LogP contribution >= 0.6 is 23.2 Å². The van der Waals surface area contributed by atoms with Gasteiger partial charge in [0.25, 0.3) is 5.91 Å². The van der Waals surface area contributed by atoms with E-state index in [-0.39, 0.29) is 53.1 Å². The van der Waals surface area contributed by atoms with E-state index in [1.165, 1.54) is 16.4 Å². The molecular formula is C21H21Cl2N3O5S. The Morgan fingerprint density at radius 3 is 2.56 bits per heavy atom. The van der Waals surface area contributed by atoms with E-state index in [2.05, 4.69) is 10.6 Å². The van der Waals surface area contributed by atoms with Crippen molar-refractivity contribution in [2.24, 2.45) is 5.92 Å². The summed E-state index contributed by atoms with van der Waals surface area (Å²) < 4.78 is 33.0. The van der Waals surface area contributed by atoms with Crippen molar-refractivity contribution in [1.82, 2.24) is 4.31 Å². The van der Waals surface area contributed by atoms with Crippen molar-refractivity contribution in [2.75, 3.05) is 30.3 Å². The topological polar surface area (TPSA) is 105 Å². The van der Waals surface area contributed by atoms with Crippen LogP contribution < -0.4 is 15.4 Å². The number of anilines is 2. The van der Waals surface area contributed by atoms with Crippen molar-refractivity contribution in [3.63, 3.8) is 0 Å². The molecule has 0 unspecified atom stereocenters. The van der Waals surface area contributed by atoms with Gasteiger partial charge in [0, 0.05) is 25.1 Å². The lowest BCUT2D eigenvalue weighted by atomic mass is 9.97. The van der Waals surface area contributed by atoms with Crippen LogP contribution in [0.2, 0.25) is 10.0 Å². The number of aryl methyl sites for hydroxylation is 1. The van der Waals surface area contributed by atoms with Gasteiger partial charge in [-0.05, 0) is 43.5 Å². The number of benzene rings is 2. The molecule has 2 aliphatic rings. The minimum absolute atomic E-state index is 0.0107. The molecule has 2 aromatic carbocycles. The molecule has 0 spiro atoms. The van der Waals surface area contributed by atoms with Crippen molar-refractivity contribution in [3.8, 4) is 5.75 Å². The van der Waals surface area contributed by atoms with Gasteiger partial charge < -0.3 is 15.4 Å². The second kappa shape index (κ2) is 8.90. The Bertz CT molecular complexity index is 1190. The summed E-state index contributed by atoms with van der Waals surface area (Å²) in [5.74, 6) is -0.617. The molecule has 2 aliphatic heterocycles. The number of carbonyl (C=O) groups is 2. The number of piperidine rings is 1. The maximum absolute atomic E-state index is 13.2. The van der Waals surface area contributed by atoms with Gasteiger partial charge in [0.05, 0.1) is 21.4 Å². The van der Waals surface area contributed by atoms with Crippen LogP contribution in [-0.2, 0) is 19.6 Å². The van der Waals surface area contributed by atoms with Gasteiger partial charge in [0.15, 0.2) is 6.61 Å². The van der Waals surface area contributed by atoms with E-state index in [9.17, 15) is 18.0 Å². The number of hydrogen-bond acceptors (Lipinski definition) is 5. The number of nitrogens with zero attached hydrogens (tertiary/aromatic N) is 1. The quantitative estimate of drug-likeness (QED) is 0.670. The molecule has 0 saturated carbocycles. The highest BCUT2D eigenvalue weighted by atomic mass is 35.5. The van der Waals surface area contributed by atoms with Crippen LogP contribution in [0.3, 0.4) is 0 Å². The molecule has 2 amide bonds. The first kappa shape index (κ1) is 22.8. The summed E-state index contributed by atoms with van der Waals surface area (Å²) in [6, 6.07) is 8.06. The van der Waals surface area contributed by atoms with Gasteiger partial charge >= 0.3 is 0 Å². The molecule has 2 N–H and O–H groups in total. The smallest absolute Gasteiger partial charge is 0.262 e. The summed E-state index contributed by atoms with van der Waals surface area (Å²) in [5, 5.41) is 5.87. The highest BCUT2D eigenvalue weighted by molar-refractivity contribution is 7.89. The molecule has 4 rings (SSSR count). The molecule has 1 saturated heterocycles. The monoisotopic (exact) mass is 497 g/mol. The number of fused-ring (bicyclic) bond motifs is 1. The lowest BCUT2D eigenvalue weighted by Gasteiger charge is -2.31. The predicted octanol–water partition coefficient (Wildman–Crippen LogP) is 3.67. The van der Waals surface area contributed by atoms with Gasteiger partial charge in [-0.25, -0.2) is 8.42 Å². The largest absolute Gasteiger partial charge is 0.482 e. The molecule has 0 bridgehead atoms. The first-order chi connectivity index (χ1) is 15.1. The molecule has 8 nitrogen and oxygen atoms in total. The summed E-state index contributed by atoms with van der Waals surface area (Å²) >= 11 is 12.4. The Balaban J connectivity index is 1.44. The molecule has 0 aromatic heterocycles. The highest BCUT2D eigenvalue weighted by Crippen LogP contribution is 2.37. The van der Waals surface area contributed by atoms with E-state index in [4.69, 9.17) is 27.9 Å². The Labute approximate surface area is 195 Å². The van der Waals surface area contributed by atoms with Crippen LogP contribution in [0, 0.1) is 12.8 Å². The molecule has 0 aliphatic carbocycles. The maximum Gasteiger partial charge on any atom is 0.262 e. The average molecular weight is 498 g/mol. The van der Waals surface area contributed by atoms with Gasteiger partial charge in [-0.2, -0.15) is 4.31 Å². The standard InChI is InChI=1S/C21H21Cl2N3O5S/c1-12-2-3-16(14(22)8-12)25-21(28)13-4-6-26(7-5-13)32(29,30)19-10-18-17(9-15(19)23)24-20(27)11-31-18/h2-3,8-10,13H,4-7,11H2,1H3,(H,24,27)(H,25,28). The third-order valence-electron chi connectivity index (χ3n) is 5.49. The highest BCUT2D eigenvalue weighted by Gasteiger charge is 2.34. The van der Waals surface area contributed by atoms with Crippen LogP contribution in [-0.4, -0.2) is 44.2 Å². The molecule has 0 radical (unpaired) electrons. The summed E-state index contributed by atoms with van der Waals surface area (Å²) in [4.78, 5) is 24.0.